The highest BCUT2D eigenvalue weighted by Crippen LogP contribution is 2.40. The van der Waals surface area contributed by atoms with E-state index in [-0.39, 0.29) is 6.10 Å². The molecule has 0 aromatic heterocycles. The molecule has 0 heterocycles. The van der Waals surface area contributed by atoms with Crippen LogP contribution in [0.25, 0.3) is 0 Å². The van der Waals surface area contributed by atoms with Crippen molar-refractivity contribution in [2.24, 2.45) is 11.8 Å². The van der Waals surface area contributed by atoms with Crippen LogP contribution in [-0.2, 0) is 0 Å². The summed E-state index contributed by atoms with van der Waals surface area (Å²) in [5.41, 5.74) is 0. The Morgan fingerprint density at radius 3 is 1.83 bits per heavy atom. The lowest BCUT2D eigenvalue weighted by molar-refractivity contribution is -0.0139. The molecule has 0 amide bonds. The van der Waals surface area contributed by atoms with Gasteiger partial charge in [-0.2, -0.15) is 0 Å². The Bertz CT molecular complexity index is 136. The highest BCUT2D eigenvalue weighted by Gasteiger charge is 2.35. The van der Waals surface area contributed by atoms with E-state index in [1.54, 1.807) is 0 Å². The molecule has 0 saturated heterocycles. The Labute approximate surface area is 75.2 Å². The fourth-order valence-electron chi connectivity index (χ4n) is 2.80. The molecule has 1 N–H and O–H groups in total. The minimum absolute atomic E-state index is 0.0631. The Kier molecular flexibility index (Phi) is 2.69. The zero-order chi connectivity index (χ0) is 8.39. The van der Waals surface area contributed by atoms with E-state index in [1.165, 1.54) is 44.9 Å². The zero-order valence-electron chi connectivity index (χ0n) is 7.84. The summed E-state index contributed by atoms with van der Waals surface area (Å²) in [6.07, 6.45) is 10.9. The van der Waals surface area contributed by atoms with Gasteiger partial charge in [0.25, 0.3) is 0 Å². The molecule has 2 aliphatic rings. The van der Waals surface area contributed by atoms with Crippen molar-refractivity contribution in [2.75, 3.05) is 0 Å². The quantitative estimate of drug-likeness (QED) is 0.597. The van der Waals surface area contributed by atoms with Crippen LogP contribution in [-0.4, -0.2) is 11.2 Å². The molecule has 0 radical (unpaired) electrons. The SMILES string of the molecule is OC1CCC1C1CCCCCC1. The van der Waals surface area contributed by atoms with Crippen molar-refractivity contribution in [2.45, 2.75) is 57.5 Å². The molecule has 2 fully saturated rings. The van der Waals surface area contributed by atoms with Crippen LogP contribution in [0, 0.1) is 11.8 Å². The third-order valence-electron chi connectivity index (χ3n) is 3.80. The lowest BCUT2D eigenvalue weighted by Gasteiger charge is -2.38. The Morgan fingerprint density at radius 2 is 1.42 bits per heavy atom. The van der Waals surface area contributed by atoms with Crippen molar-refractivity contribution in [1.29, 1.82) is 0 Å². The molecule has 2 saturated carbocycles. The Balaban J connectivity index is 1.84. The number of rotatable bonds is 1. The number of hydrogen-bond donors (Lipinski definition) is 1. The standard InChI is InChI=1S/C11H20O/c12-11-8-7-10(11)9-5-3-1-2-4-6-9/h9-12H,1-8H2. The molecule has 12 heavy (non-hydrogen) atoms. The van der Waals surface area contributed by atoms with E-state index in [9.17, 15) is 5.11 Å². The highest BCUT2D eigenvalue weighted by atomic mass is 16.3. The zero-order valence-corrected chi connectivity index (χ0v) is 7.84. The van der Waals surface area contributed by atoms with E-state index >= 15 is 0 Å². The third-order valence-corrected chi connectivity index (χ3v) is 3.80. The first-order valence-electron chi connectivity index (χ1n) is 5.56. The van der Waals surface area contributed by atoms with Crippen LogP contribution in [0.2, 0.25) is 0 Å². The maximum atomic E-state index is 9.55. The summed E-state index contributed by atoms with van der Waals surface area (Å²) < 4.78 is 0. The van der Waals surface area contributed by atoms with Gasteiger partial charge in [-0.05, 0) is 24.7 Å². The monoisotopic (exact) mass is 168 g/mol. The van der Waals surface area contributed by atoms with Gasteiger partial charge in [-0.1, -0.05) is 38.5 Å². The van der Waals surface area contributed by atoms with Crippen LogP contribution in [0.5, 0.6) is 0 Å². The van der Waals surface area contributed by atoms with Crippen molar-refractivity contribution in [3.05, 3.63) is 0 Å². The molecule has 2 unspecified atom stereocenters. The first-order chi connectivity index (χ1) is 5.88. The first-order valence-corrected chi connectivity index (χ1v) is 5.56. The molecule has 2 rings (SSSR count). The molecule has 2 aliphatic carbocycles. The van der Waals surface area contributed by atoms with Crippen LogP contribution >= 0.6 is 0 Å². The second kappa shape index (κ2) is 3.78. The van der Waals surface area contributed by atoms with Gasteiger partial charge in [-0.25, -0.2) is 0 Å². The van der Waals surface area contributed by atoms with E-state index in [0.29, 0.717) is 5.92 Å². The minimum Gasteiger partial charge on any atom is -0.393 e. The summed E-state index contributed by atoms with van der Waals surface area (Å²) in [5, 5.41) is 9.55. The van der Waals surface area contributed by atoms with Gasteiger partial charge in [-0.3, -0.25) is 0 Å². The minimum atomic E-state index is 0.0631. The normalized spacial score (nSPS) is 38.8. The van der Waals surface area contributed by atoms with Crippen molar-refractivity contribution in [3.63, 3.8) is 0 Å². The molecule has 1 nitrogen and oxygen atoms in total. The van der Waals surface area contributed by atoms with Crippen LogP contribution < -0.4 is 0 Å². The third kappa shape index (κ3) is 1.66. The average molecular weight is 168 g/mol. The number of hydrogen-bond acceptors (Lipinski definition) is 1. The van der Waals surface area contributed by atoms with E-state index in [4.69, 9.17) is 0 Å². The molecule has 0 aromatic carbocycles. The summed E-state index contributed by atoms with van der Waals surface area (Å²) in [5.74, 6) is 1.55. The van der Waals surface area contributed by atoms with Gasteiger partial charge >= 0.3 is 0 Å². The topological polar surface area (TPSA) is 20.2 Å². The molecular weight excluding hydrogens is 148 g/mol. The molecule has 2 atom stereocenters. The first kappa shape index (κ1) is 8.55. The van der Waals surface area contributed by atoms with Crippen LogP contribution in [0.3, 0.4) is 0 Å². The maximum absolute atomic E-state index is 9.55. The Hall–Kier alpha value is -0.0400. The van der Waals surface area contributed by atoms with Crippen LogP contribution in [0.1, 0.15) is 51.4 Å². The van der Waals surface area contributed by atoms with E-state index in [0.717, 1.165) is 12.3 Å². The van der Waals surface area contributed by atoms with Crippen LogP contribution in [0.4, 0.5) is 0 Å². The van der Waals surface area contributed by atoms with Crippen molar-refractivity contribution in [1.82, 2.24) is 0 Å². The second-order valence-electron chi connectivity index (χ2n) is 4.56. The summed E-state index contributed by atoms with van der Waals surface area (Å²) in [6.45, 7) is 0. The predicted molar refractivity (Wildman–Crippen MR) is 49.9 cm³/mol. The maximum Gasteiger partial charge on any atom is 0.0571 e. The van der Waals surface area contributed by atoms with Gasteiger partial charge in [0.15, 0.2) is 0 Å². The molecule has 70 valence electrons. The molecule has 0 bridgehead atoms. The molecule has 0 aliphatic heterocycles. The summed E-state index contributed by atoms with van der Waals surface area (Å²) in [6, 6.07) is 0. The fraction of sp³-hybridized carbons (Fsp3) is 1.00. The predicted octanol–water partition coefficient (Wildman–Crippen LogP) is 2.73. The molecule has 1 heteroatoms. The van der Waals surface area contributed by atoms with Crippen molar-refractivity contribution in [3.8, 4) is 0 Å². The summed E-state index contributed by atoms with van der Waals surface area (Å²) in [7, 11) is 0. The average Bonchev–Trinajstić information content (AvgIpc) is 2.30. The molecule has 0 spiro atoms. The largest absolute Gasteiger partial charge is 0.393 e. The van der Waals surface area contributed by atoms with Gasteiger partial charge in [0, 0.05) is 0 Å². The van der Waals surface area contributed by atoms with Gasteiger partial charge in [0.1, 0.15) is 0 Å². The summed E-state index contributed by atoms with van der Waals surface area (Å²) in [4.78, 5) is 0. The van der Waals surface area contributed by atoms with Crippen molar-refractivity contribution >= 4 is 0 Å². The van der Waals surface area contributed by atoms with E-state index < -0.39 is 0 Å². The van der Waals surface area contributed by atoms with Gasteiger partial charge < -0.3 is 5.11 Å². The van der Waals surface area contributed by atoms with Crippen molar-refractivity contribution < 1.29 is 5.11 Å². The lowest BCUT2D eigenvalue weighted by atomic mass is 9.71. The van der Waals surface area contributed by atoms with Gasteiger partial charge in [0.05, 0.1) is 6.10 Å². The number of aliphatic hydroxyl groups is 1. The lowest BCUT2D eigenvalue weighted by Crippen LogP contribution is -2.36. The molecular formula is C11H20O. The molecule has 0 aromatic rings. The van der Waals surface area contributed by atoms with Crippen LogP contribution in [0.15, 0.2) is 0 Å². The Morgan fingerprint density at radius 1 is 0.750 bits per heavy atom. The van der Waals surface area contributed by atoms with Gasteiger partial charge in [0.2, 0.25) is 0 Å². The highest BCUT2D eigenvalue weighted by molar-refractivity contribution is 4.86. The van der Waals surface area contributed by atoms with E-state index in [2.05, 4.69) is 0 Å². The van der Waals surface area contributed by atoms with E-state index in [1.807, 2.05) is 0 Å². The smallest absolute Gasteiger partial charge is 0.0571 e. The summed E-state index contributed by atoms with van der Waals surface area (Å²) >= 11 is 0. The van der Waals surface area contributed by atoms with Gasteiger partial charge in [-0.15, -0.1) is 0 Å². The fourth-order valence-corrected chi connectivity index (χ4v) is 2.80. The number of aliphatic hydroxyl groups excluding tert-OH is 1. The second-order valence-corrected chi connectivity index (χ2v) is 4.56.